The Kier molecular flexibility index (Phi) is 4.81. The molecule has 11 heteroatoms. The summed E-state index contributed by atoms with van der Waals surface area (Å²) in [4.78, 5) is 14.7. The third kappa shape index (κ3) is 3.12. The molecule has 2 aromatic rings. The first-order valence-corrected chi connectivity index (χ1v) is 6.62. The summed E-state index contributed by atoms with van der Waals surface area (Å²) in [5.41, 5.74) is 0.553. The average molecular weight is 342 g/mol. The van der Waals surface area contributed by atoms with Gasteiger partial charge < -0.3 is 4.74 Å². The van der Waals surface area contributed by atoms with Gasteiger partial charge in [-0.15, -0.1) is 12.4 Å². The largest absolute Gasteiger partial charge is 0.453 e. The van der Waals surface area contributed by atoms with Gasteiger partial charge in [0.1, 0.15) is 0 Å². The van der Waals surface area contributed by atoms with Gasteiger partial charge >= 0.3 is 6.09 Å². The van der Waals surface area contributed by atoms with Crippen LogP contribution in [-0.2, 0) is 14.9 Å². The molecule has 110 valence electrons. The standard InChI is InChI=1S/C9H8ClN3O5S.ClH/c1-18-9(14)12-8-11-6-4-5(19(15,16)17)2-3-7(6)13(8)10;/h2-4H,1H3,(H,11,12,14)(H,15,16,17);1H. The second-order valence-corrected chi connectivity index (χ2v) is 5.22. The molecule has 1 heterocycles. The van der Waals surface area contributed by atoms with Gasteiger partial charge in [0.25, 0.3) is 10.1 Å². The van der Waals surface area contributed by atoms with Crippen LogP contribution in [-0.4, -0.2) is 35.2 Å². The Bertz CT molecular complexity index is 758. The van der Waals surface area contributed by atoms with E-state index in [0.29, 0.717) is 5.52 Å². The SMILES string of the molecule is COC(=O)Nc1nc2cc(S(=O)(=O)O)ccc2n1Cl.Cl. The molecule has 0 unspecified atom stereocenters. The fourth-order valence-electron chi connectivity index (χ4n) is 1.41. The summed E-state index contributed by atoms with van der Waals surface area (Å²) < 4.78 is 36.3. The highest BCUT2D eigenvalue weighted by Crippen LogP contribution is 2.23. The lowest BCUT2D eigenvalue weighted by Gasteiger charge is -2.00. The predicted octanol–water partition coefficient (Wildman–Crippen LogP) is 1.89. The van der Waals surface area contributed by atoms with Crippen LogP contribution in [0.5, 0.6) is 0 Å². The Morgan fingerprint density at radius 3 is 2.70 bits per heavy atom. The topological polar surface area (TPSA) is 111 Å². The maximum Gasteiger partial charge on any atom is 0.413 e. The van der Waals surface area contributed by atoms with Crippen LogP contribution in [0.1, 0.15) is 0 Å². The molecule has 0 radical (unpaired) electrons. The van der Waals surface area contributed by atoms with Gasteiger partial charge in [-0.3, -0.25) is 9.87 Å². The summed E-state index contributed by atoms with van der Waals surface area (Å²) in [6.07, 6.45) is -0.771. The van der Waals surface area contributed by atoms with Gasteiger partial charge in [-0.05, 0) is 18.2 Å². The highest BCUT2D eigenvalue weighted by Gasteiger charge is 2.16. The summed E-state index contributed by atoms with van der Waals surface area (Å²) in [6.45, 7) is 0. The number of benzene rings is 1. The molecule has 0 spiro atoms. The van der Waals surface area contributed by atoms with Crippen molar-refractivity contribution in [3.63, 3.8) is 0 Å². The van der Waals surface area contributed by atoms with Crippen molar-refractivity contribution in [2.75, 3.05) is 12.4 Å². The second-order valence-electron chi connectivity index (χ2n) is 3.46. The van der Waals surface area contributed by atoms with E-state index in [1.54, 1.807) is 0 Å². The number of carbonyl (C=O) groups excluding carboxylic acids is 1. The summed E-state index contributed by atoms with van der Waals surface area (Å²) >= 11 is 5.90. The fourth-order valence-corrected chi connectivity index (χ4v) is 2.13. The van der Waals surface area contributed by atoms with Crippen LogP contribution < -0.4 is 5.32 Å². The number of hydrogen-bond acceptors (Lipinski definition) is 5. The normalized spacial score (nSPS) is 10.9. The van der Waals surface area contributed by atoms with E-state index in [-0.39, 0.29) is 28.8 Å². The third-order valence-electron chi connectivity index (χ3n) is 2.27. The van der Waals surface area contributed by atoms with Crippen molar-refractivity contribution in [2.45, 2.75) is 4.90 Å². The molecule has 20 heavy (non-hydrogen) atoms. The number of hydrogen-bond donors (Lipinski definition) is 2. The van der Waals surface area contributed by atoms with E-state index in [1.165, 1.54) is 19.2 Å². The van der Waals surface area contributed by atoms with E-state index in [0.717, 1.165) is 10.2 Å². The molecule has 8 nitrogen and oxygen atoms in total. The van der Waals surface area contributed by atoms with Crippen molar-refractivity contribution < 1.29 is 22.5 Å². The van der Waals surface area contributed by atoms with Gasteiger partial charge in [0.2, 0.25) is 5.95 Å². The van der Waals surface area contributed by atoms with Crippen LogP contribution in [0.15, 0.2) is 23.1 Å². The molecule has 1 aromatic heterocycles. The van der Waals surface area contributed by atoms with Crippen molar-refractivity contribution in [2.24, 2.45) is 0 Å². The molecular formula is C9H9Cl2N3O5S. The first kappa shape index (κ1) is 16.5. The number of methoxy groups -OCH3 is 1. The minimum Gasteiger partial charge on any atom is -0.453 e. The van der Waals surface area contributed by atoms with Gasteiger partial charge in [0, 0.05) is 11.8 Å². The zero-order chi connectivity index (χ0) is 14.2. The minimum atomic E-state index is -4.33. The lowest BCUT2D eigenvalue weighted by Crippen LogP contribution is -2.13. The van der Waals surface area contributed by atoms with Crippen LogP contribution in [0.25, 0.3) is 11.0 Å². The number of rotatable bonds is 2. The van der Waals surface area contributed by atoms with Gasteiger partial charge in [-0.2, -0.15) is 8.42 Å². The molecule has 1 amide bonds. The third-order valence-corrected chi connectivity index (χ3v) is 3.46. The Morgan fingerprint density at radius 1 is 1.50 bits per heavy atom. The van der Waals surface area contributed by atoms with E-state index in [1.807, 2.05) is 0 Å². The highest BCUT2D eigenvalue weighted by atomic mass is 35.5. The van der Waals surface area contributed by atoms with E-state index in [2.05, 4.69) is 15.0 Å². The van der Waals surface area contributed by atoms with E-state index in [9.17, 15) is 13.2 Å². The first-order valence-electron chi connectivity index (χ1n) is 4.84. The number of nitrogens with one attached hydrogen (secondary N) is 1. The second kappa shape index (κ2) is 5.83. The van der Waals surface area contributed by atoms with Crippen molar-refractivity contribution in [1.82, 2.24) is 9.07 Å². The van der Waals surface area contributed by atoms with E-state index >= 15 is 0 Å². The molecule has 0 aliphatic heterocycles. The molecule has 0 saturated heterocycles. The van der Waals surface area contributed by atoms with Crippen molar-refractivity contribution in [3.05, 3.63) is 18.2 Å². The molecule has 0 atom stereocenters. The van der Waals surface area contributed by atoms with E-state index < -0.39 is 16.2 Å². The van der Waals surface area contributed by atoms with Crippen molar-refractivity contribution >= 4 is 57.4 Å². The fraction of sp³-hybridized carbons (Fsp3) is 0.111. The van der Waals surface area contributed by atoms with Gasteiger partial charge in [-0.25, -0.2) is 13.9 Å². The molecule has 0 aliphatic rings. The number of amides is 1. The molecule has 1 aromatic carbocycles. The highest BCUT2D eigenvalue weighted by molar-refractivity contribution is 7.85. The Hall–Kier alpha value is -1.55. The Labute approximate surface area is 125 Å². The minimum absolute atomic E-state index is 0. The lowest BCUT2D eigenvalue weighted by atomic mass is 10.3. The number of halogens is 2. The molecule has 2 rings (SSSR count). The monoisotopic (exact) mass is 341 g/mol. The van der Waals surface area contributed by atoms with Crippen LogP contribution >= 0.6 is 24.2 Å². The summed E-state index contributed by atoms with van der Waals surface area (Å²) in [5, 5.41) is 2.25. The summed E-state index contributed by atoms with van der Waals surface area (Å²) in [6, 6.07) is 3.65. The zero-order valence-electron chi connectivity index (χ0n) is 9.90. The van der Waals surface area contributed by atoms with Gasteiger partial charge in [0.15, 0.2) is 0 Å². The smallest absolute Gasteiger partial charge is 0.413 e. The van der Waals surface area contributed by atoms with Crippen LogP contribution in [0, 0.1) is 0 Å². The Morgan fingerprint density at radius 2 is 2.15 bits per heavy atom. The van der Waals surface area contributed by atoms with Crippen molar-refractivity contribution in [1.29, 1.82) is 0 Å². The number of ether oxygens (including phenoxy) is 1. The molecule has 0 fully saturated rings. The lowest BCUT2D eigenvalue weighted by molar-refractivity contribution is 0.186. The number of anilines is 1. The number of nitrogens with zero attached hydrogens (tertiary/aromatic N) is 2. The molecule has 0 saturated carbocycles. The van der Waals surface area contributed by atoms with Crippen LogP contribution in [0.2, 0.25) is 0 Å². The molecule has 2 N–H and O–H groups in total. The number of imidazole rings is 1. The quantitative estimate of drug-likeness (QED) is 0.807. The molecular weight excluding hydrogens is 333 g/mol. The summed E-state index contributed by atoms with van der Waals surface area (Å²) in [7, 11) is -3.16. The van der Waals surface area contributed by atoms with E-state index in [4.69, 9.17) is 16.3 Å². The maximum absolute atomic E-state index is 11.1. The molecule has 0 bridgehead atoms. The zero-order valence-corrected chi connectivity index (χ0v) is 12.3. The predicted molar refractivity (Wildman–Crippen MR) is 74.1 cm³/mol. The molecule has 0 aliphatic carbocycles. The Balaban J connectivity index is 0.00000200. The summed E-state index contributed by atoms with van der Waals surface area (Å²) in [5.74, 6) is -0.0315. The van der Waals surface area contributed by atoms with Crippen LogP contribution in [0.3, 0.4) is 0 Å². The number of fused-ring (bicyclic) bond motifs is 1. The van der Waals surface area contributed by atoms with Crippen LogP contribution in [0.4, 0.5) is 10.7 Å². The number of carbonyl (C=O) groups is 1. The van der Waals surface area contributed by atoms with Crippen molar-refractivity contribution in [3.8, 4) is 0 Å². The maximum atomic E-state index is 11.1. The number of aromatic nitrogens is 2. The average Bonchev–Trinajstić information content (AvgIpc) is 2.64. The van der Waals surface area contributed by atoms with Gasteiger partial charge in [0.05, 0.1) is 23.0 Å². The van der Waals surface area contributed by atoms with Gasteiger partial charge in [-0.1, -0.05) is 0 Å². The first-order chi connectivity index (χ1) is 8.82.